The number of ether oxygens (including phenoxy) is 2. The van der Waals surface area contributed by atoms with Crippen LogP contribution in [0.1, 0.15) is 37.0 Å². The number of halogens is 3. The van der Waals surface area contributed by atoms with Gasteiger partial charge in [-0.3, -0.25) is 0 Å². The molecular formula is C26H28Cl3NO2. The Morgan fingerprint density at radius 3 is 2.28 bits per heavy atom. The normalized spacial score (nSPS) is 11.9. The van der Waals surface area contributed by atoms with Crippen molar-refractivity contribution in [3.8, 4) is 11.5 Å². The van der Waals surface area contributed by atoms with Gasteiger partial charge in [-0.25, -0.2) is 0 Å². The molecule has 170 valence electrons. The maximum Gasteiger partial charge on any atom is 0.180 e. The summed E-state index contributed by atoms with van der Waals surface area (Å²) < 4.78 is 11.8. The lowest BCUT2D eigenvalue weighted by atomic mass is 10.1. The topological polar surface area (TPSA) is 30.5 Å². The largest absolute Gasteiger partial charge is 0.490 e. The number of nitrogens with one attached hydrogen (secondary N) is 1. The molecule has 0 amide bonds. The SMILES string of the molecule is CCOc1cc(CN[C@H](C)CCc2ccccc2)cc(Cl)c1OCc1ccc(Cl)c(Cl)c1. The highest BCUT2D eigenvalue weighted by atomic mass is 35.5. The molecule has 0 bridgehead atoms. The Bertz CT molecular complexity index is 1010. The van der Waals surface area contributed by atoms with Gasteiger partial charge >= 0.3 is 0 Å². The summed E-state index contributed by atoms with van der Waals surface area (Å²) in [5.41, 5.74) is 3.30. The van der Waals surface area contributed by atoms with Gasteiger partial charge in [-0.05, 0) is 67.6 Å². The van der Waals surface area contributed by atoms with E-state index in [4.69, 9.17) is 44.3 Å². The molecule has 0 aromatic heterocycles. The minimum atomic E-state index is 0.310. The quantitative estimate of drug-likeness (QED) is 0.297. The molecule has 0 aliphatic carbocycles. The molecule has 0 radical (unpaired) electrons. The van der Waals surface area contributed by atoms with Crippen LogP contribution in [0.5, 0.6) is 11.5 Å². The first-order valence-electron chi connectivity index (χ1n) is 10.8. The average Bonchev–Trinajstić information content (AvgIpc) is 2.79. The van der Waals surface area contributed by atoms with E-state index in [9.17, 15) is 0 Å². The van der Waals surface area contributed by atoms with Crippen LogP contribution < -0.4 is 14.8 Å². The van der Waals surface area contributed by atoms with Crippen molar-refractivity contribution < 1.29 is 9.47 Å². The van der Waals surface area contributed by atoms with Crippen LogP contribution in [0.2, 0.25) is 15.1 Å². The molecule has 3 aromatic carbocycles. The van der Waals surface area contributed by atoms with Gasteiger partial charge < -0.3 is 14.8 Å². The Hall–Kier alpha value is -1.91. The summed E-state index contributed by atoms with van der Waals surface area (Å²) in [5, 5.41) is 5.10. The van der Waals surface area contributed by atoms with Gasteiger partial charge in [-0.15, -0.1) is 0 Å². The third-order valence-electron chi connectivity index (χ3n) is 5.10. The fraction of sp³-hybridized carbons (Fsp3) is 0.308. The van der Waals surface area contributed by atoms with E-state index in [2.05, 4.69) is 36.5 Å². The standard InChI is InChI=1S/C26H28Cl3NO2/c1-3-31-25-15-21(16-30-18(2)9-10-19-7-5-4-6-8-19)14-24(29)26(25)32-17-20-11-12-22(27)23(28)13-20/h4-8,11-15,18,30H,3,9-10,16-17H2,1-2H3/t18-/m1/s1. The highest BCUT2D eigenvalue weighted by Crippen LogP contribution is 2.37. The van der Waals surface area contributed by atoms with E-state index in [-0.39, 0.29) is 0 Å². The van der Waals surface area contributed by atoms with Crippen molar-refractivity contribution >= 4 is 34.8 Å². The Morgan fingerprint density at radius 2 is 1.56 bits per heavy atom. The Balaban J connectivity index is 1.61. The monoisotopic (exact) mass is 491 g/mol. The fourth-order valence-corrected chi connectivity index (χ4v) is 3.94. The zero-order valence-corrected chi connectivity index (χ0v) is 20.6. The summed E-state index contributed by atoms with van der Waals surface area (Å²) in [4.78, 5) is 0. The summed E-state index contributed by atoms with van der Waals surface area (Å²) in [7, 11) is 0. The second kappa shape index (κ2) is 12.4. The minimum Gasteiger partial charge on any atom is -0.490 e. The maximum absolute atomic E-state index is 6.57. The van der Waals surface area contributed by atoms with E-state index in [0.717, 1.165) is 24.0 Å². The molecule has 0 saturated carbocycles. The second-order valence-electron chi connectivity index (χ2n) is 7.68. The van der Waals surface area contributed by atoms with E-state index >= 15 is 0 Å². The molecular weight excluding hydrogens is 465 g/mol. The molecule has 0 heterocycles. The van der Waals surface area contributed by atoms with Crippen molar-refractivity contribution in [3.05, 3.63) is 92.4 Å². The van der Waals surface area contributed by atoms with Crippen LogP contribution in [-0.2, 0) is 19.6 Å². The Labute approximate surface area is 205 Å². The first-order valence-corrected chi connectivity index (χ1v) is 11.9. The third kappa shape index (κ3) is 7.31. The number of benzene rings is 3. The lowest BCUT2D eigenvalue weighted by molar-refractivity contribution is 0.269. The van der Waals surface area contributed by atoms with Gasteiger partial charge in [0.15, 0.2) is 11.5 Å². The van der Waals surface area contributed by atoms with Gasteiger partial charge in [0.05, 0.1) is 21.7 Å². The molecule has 1 atom stereocenters. The highest BCUT2D eigenvalue weighted by molar-refractivity contribution is 6.42. The van der Waals surface area contributed by atoms with E-state index in [0.29, 0.717) is 52.4 Å². The lowest BCUT2D eigenvalue weighted by Gasteiger charge is -2.17. The number of aryl methyl sites for hydroxylation is 1. The Kier molecular flexibility index (Phi) is 9.55. The van der Waals surface area contributed by atoms with Crippen molar-refractivity contribution in [1.82, 2.24) is 5.32 Å². The van der Waals surface area contributed by atoms with Crippen molar-refractivity contribution in [1.29, 1.82) is 0 Å². The summed E-state index contributed by atoms with van der Waals surface area (Å²) >= 11 is 18.7. The number of hydrogen-bond acceptors (Lipinski definition) is 3. The predicted octanol–water partition coefficient (Wildman–Crippen LogP) is 7.74. The summed E-state index contributed by atoms with van der Waals surface area (Å²) in [6.07, 6.45) is 2.10. The van der Waals surface area contributed by atoms with Crippen LogP contribution in [-0.4, -0.2) is 12.6 Å². The Morgan fingerprint density at radius 1 is 0.812 bits per heavy atom. The molecule has 1 N–H and O–H groups in total. The summed E-state index contributed by atoms with van der Waals surface area (Å²) in [6, 6.07) is 20.2. The van der Waals surface area contributed by atoms with Crippen LogP contribution in [0.4, 0.5) is 0 Å². The van der Waals surface area contributed by atoms with Crippen LogP contribution in [0.25, 0.3) is 0 Å². The molecule has 0 aliphatic heterocycles. The van der Waals surface area contributed by atoms with Crippen LogP contribution in [0, 0.1) is 0 Å². The van der Waals surface area contributed by atoms with Gasteiger partial charge in [0.1, 0.15) is 6.61 Å². The first kappa shape index (κ1) is 24.7. The molecule has 3 rings (SSSR count). The molecule has 0 unspecified atom stereocenters. The molecule has 0 fully saturated rings. The summed E-state index contributed by atoms with van der Waals surface area (Å²) in [6.45, 7) is 5.66. The van der Waals surface area contributed by atoms with Crippen LogP contribution in [0.3, 0.4) is 0 Å². The molecule has 6 heteroatoms. The van der Waals surface area contributed by atoms with E-state index in [1.807, 2.05) is 31.2 Å². The third-order valence-corrected chi connectivity index (χ3v) is 6.12. The highest BCUT2D eigenvalue weighted by Gasteiger charge is 2.14. The zero-order chi connectivity index (χ0) is 22.9. The van der Waals surface area contributed by atoms with Gasteiger partial charge in [-0.1, -0.05) is 71.2 Å². The lowest BCUT2D eigenvalue weighted by Crippen LogP contribution is -2.26. The molecule has 3 nitrogen and oxygen atoms in total. The van der Waals surface area contributed by atoms with Crippen molar-refractivity contribution in [2.24, 2.45) is 0 Å². The summed E-state index contributed by atoms with van der Waals surface area (Å²) in [5.74, 6) is 1.16. The molecule has 32 heavy (non-hydrogen) atoms. The average molecular weight is 493 g/mol. The van der Waals surface area contributed by atoms with Crippen molar-refractivity contribution in [2.45, 2.75) is 45.9 Å². The van der Waals surface area contributed by atoms with Crippen LogP contribution in [0.15, 0.2) is 60.7 Å². The molecule has 0 aliphatic rings. The van der Waals surface area contributed by atoms with Crippen LogP contribution >= 0.6 is 34.8 Å². The number of hydrogen-bond donors (Lipinski definition) is 1. The minimum absolute atomic E-state index is 0.310. The van der Waals surface area contributed by atoms with E-state index < -0.39 is 0 Å². The molecule has 0 saturated heterocycles. The van der Waals surface area contributed by atoms with Gasteiger partial charge in [0.2, 0.25) is 0 Å². The molecule has 3 aromatic rings. The molecule has 0 spiro atoms. The first-order chi connectivity index (χ1) is 15.5. The second-order valence-corrected chi connectivity index (χ2v) is 8.90. The van der Waals surface area contributed by atoms with Gasteiger partial charge in [-0.2, -0.15) is 0 Å². The van der Waals surface area contributed by atoms with Gasteiger partial charge in [0, 0.05) is 12.6 Å². The van der Waals surface area contributed by atoms with E-state index in [1.54, 1.807) is 12.1 Å². The number of rotatable bonds is 11. The van der Waals surface area contributed by atoms with Gasteiger partial charge in [0.25, 0.3) is 0 Å². The predicted molar refractivity (Wildman–Crippen MR) is 134 cm³/mol. The van der Waals surface area contributed by atoms with E-state index in [1.165, 1.54) is 5.56 Å². The van der Waals surface area contributed by atoms with Crippen molar-refractivity contribution in [3.63, 3.8) is 0 Å². The maximum atomic E-state index is 6.57. The zero-order valence-electron chi connectivity index (χ0n) is 18.3. The smallest absolute Gasteiger partial charge is 0.180 e. The van der Waals surface area contributed by atoms with Crippen molar-refractivity contribution in [2.75, 3.05) is 6.61 Å². The fourth-order valence-electron chi connectivity index (χ4n) is 3.33.